The van der Waals surface area contributed by atoms with Gasteiger partial charge in [-0.05, 0) is 36.1 Å². The largest absolute Gasteiger partial charge is 0.289 e. The van der Waals surface area contributed by atoms with Crippen LogP contribution in [0.15, 0.2) is 24.3 Å². The Hall–Kier alpha value is -3.02. The van der Waals surface area contributed by atoms with E-state index in [-0.39, 0.29) is 0 Å². The summed E-state index contributed by atoms with van der Waals surface area (Å²) in [6.45, 7) is 3.61. The predicted molar refractivity (Wildman–Crippen MR) is 78.2 cm³/mol. The zero-order chi connectivity index (χ0) is 16.0. The lowest BCUT2D eigenvalue weighted by molar-refractivity contribution is -0.124. The highest BCUT2D eigenvalue weighted by Crippen LogP contribution is 2.30. The molecule has 0 spiro atoms. The Bertz CT molecular complexity index is 762. The van der Waals surface area contributed by atoms with Crippen molar-refractivity contribution in [2.24, 2.45) is 0 Å². The third-order valence-electron chi connectivity index (χ3n) is 3.88. The lowest BCUT2D eigenvalue weighted by Gasteiger charge is -2.13. The van der Waals surface area contributed by atoms with E-state index in [2.05, 4.69) is 10.6 Å². The van der Waals surface area contributed by atoms with E-state index in [1.807, 2.05) is 0 Å². The highest BCUT2D eigenvalue weighted by molar-refractivity contribution is 6.35. The van der Waals surface area contributed by atoms with Gasteiger partial charge < -0.3 is 0 Å². The number of imide groups is 2. The Morgan fingerprint density at radius 2 is 1.05 bits per heavy atom. The number of carbonyl (C=O) groups excluding carboxylic acids is 4. The highest BCUT2D eigenvalue weighted by Gasteiger charge is 2.27. The molecular formula is C16H12N2O4. The highest BCUT2D eigenvalue weighted by atomic mass is 16.2. The van der Waals surface area contributed by atoms with Crippen LogP contribution in [0.5, 0.6) is 0 Å². The lowest BCUT2D eigenvalue weighted by Crippen LogP contribution is -2.22. The molecule has 1 aromatic rings. The number of amides is 4. The van der Waals surface area contributed by atoms with E-state index < -0.39 is 23.6 Å². The Morgan fingerprint density at radius 1 is 0.682 bits per heavy atom. The summed E-state index contributed by atoms with van der Waals surface area (Å²) in [5.74, 6) is -1.75. The fourth-order valence-corrected chi connectivity index (χ4v) is 2.63. The number of rotatable bonds is 2. The van der Waals surface area contributed by atoms with Crippen LogP contribution >= 0.6 is 0 Å². The van der Waals surface area contributed by atoms with Gasteiger partial charge >= 0.3 is 0 Å². The van der Waals surface area contributed by atoms with Crippen LogP contribution in [0.4, 0.5) is 0 Å². The molecule has 0 saturated carbocycles. The molecule has 22 heavy (non-hydrogen) atoms. The molecule has 2 aliphatic rings. The van der Waals surface area contributed by atoms with Crippen LogP contribution in [0.1, 0.15) is 22.3 Å². The summed E-state index contributed by atoms with van der Waals surface area (Å²) in [4.78, 5) is 46.1. The number of hydrogen-bond acceptors (Lipinski definition) is 4. The Labute approximate surface area is 125 Å². The number of carbonyl (C=O) groups is 4. The molecule has 6 nitrogen and oxygen atoms in total. The molecule has 1 aromatic carbocycles. The van der Waals surface area contributed by atoms with Crippen molar-refractivity contribution >= 4 is 34.8 Å². The van der Waals surface area contributed by atoms with E-state index in [0.29, 0.717) is 22.3 Å². The zero-order valence-corrected chi connectivity index (χ0v) is 11.9. The molecule has 2 N–H and O–H groups in total. The first-order chi connectivity index (χ1) is 10.4. The quantitative estimate of drug-likeness (QED) is 0.772. The maximum absolute atomic E-state index is 11.8. The van der Waals surface area contributed by atoms with Gasteiger partial charge in [-0.2, -0.15) is 0 Å². The van der Waals surface area contributed by atoms with Crippen molar-refractivity contribution in [2.45, 2.75) is 13.8 Å². The van der Waals surface area contributed by atoms with Gasteiger partial charge in [-0.15, -0.1) is 0 Å². The fraction of sp³-hybridized carbons (Fsp3) is 0.125. The minimum absolute atomic E-state index is 0.304. The second-order valence-electron chi connectivity index (χ2n) is 5.16. The van der Waals surface area contributed by atoms with E-state index in [0.717, 1.165) is 11.1 Å². The minimum Gasteiger partial charge on any atom is -0.289 e. The molecule has 0 atom stereocenters. The van der Waals surface area contributed by atoms with Crippen molar-refractivity contribution in [3.63, 3.8) is 0 Å². The molecule has 110 valence electrons. The molecule has 0 aromatic heterocycles. The van der Waals surface area contributed by atoms with Gasteiger partial charge in [-0.25, -0.2) is 0 Å². The number of hydrogen-bond donors (Lipinski definition) is 2. The Morgan fingerprint density at radius 3 is 1.32 bits per heavy atom. The maximum Gasteiger partial charge on any atom is 0.258 e. The summed E-state index contributed by atoms with van der Waals surface area (Å²) in [5.41, 5.74) is 3.43. The van der Waals surface area contributed by atoms with Crippen molar-refractivity contribution in [1.82, 2.24) is 10.6 Å². The average molecular weight is 296 g/mol. The fourth-order valence-electron chi connectivity index (χ4n) is 2.63. The normalized spacial score (nSPS) is 17.4. The predicted octanol–water partition coefficient (Wildman–Crippen LogP) is 0.383. The molecule has 0 bridgehead atoms. The molecule has 0 fully saturated rings. The van der Waals surface area contributed by atoms with E-state index in [1.54, 1.807) is 26.0 Å². The molecule has 0 saturated heterocycles. The second-order valence-corrected chi connectivity index (χ2v) is 5.16. The van der Waals surface area contributed by atoms with Gasteiger partial charge in [0, 0.05) is 12.2 Å². The first kappa shape index (κ1) is 13.9. The Kier molecular flexibility index (Phi) is 3.02. The minimum atomic E-state index is -0.440. The van der Waals surface area contributed by atoms with Gasteiger partial charge in [0.25, 0.3) is 23.6 Å². The molecule has 0 radical (unpaired) electrons. The first-order valence-electron chi connectivity index (χ1n) is 6.63. The van der Waals surface area contributed by atoms with E-state index in [4.69, 9.17) is 0 Å². The van der Waals surface area contributed by atoms with Crippen molar-refractivity contribution in [1.29, 1.82) is 0 Å². The summed E-state index contributed by atoms with van der Waals surface area (Å²) >= 11 is 0. The summed E-state index contributed by atoms with van der Waals surface area (Å²) in [7, 11) is 0. The first-order valence-corrected chi connectivity index (χ1v) is 6.63. The smallest absolute Gasteiger partial charge is 0.258 e. The molecule has 2 aliphatic heterocycles. The summed E-state index contributed by atoms with van der Waals surface area (Å²) in [6, 6.07) is 3.36. The van der Waals surface area contributed by atoms with Crippen LogP contribution < -0.4 is 10.6 Å². The zero-order valence-electron chi connectivity index (χ0n) is 11.9. The van der Waals surface area contributed by atoms with Crippen molar-refractivity contribution < 1.29 is 19.2 Å². The third-order valence-corrected chi connectivity index (χ3v) is 3.88. The van der Waals surface area contributed by atoms with Crippen LogP contribution in [0.3, 0.4) is 0 Å². The van der Waals surface area contributed by atoms with Crippen LogP contribution in [0.25, 0.3) is 11.1 Å². The lowest BCUT2D eigenvalue weighted by atomic mass is 9.90. The monoisotopic (exact) mass is 296 g/mol. The molecule has 3 rings (SSSR count). The standard InChI is InChI=1S/C16H12N2O4/c1-7-8(2)10(12-6-14(20)18-16(12)22)4-3-9(7)11-5-13(19)17-15(11)21/h3-6H,1-2H3,(H,17,19,21)(H,18,20,22). The van der Waals surface area contributed by atoms with Crippen molar-refractivity contribution in [2.75, 3.05) is 0 Å². The SMILES string of the molecule is Cc1c(C2=CC(=O)NC2=O)ccc(C2=CC(=O)NC2=O)c1C. The third kappa shape index (κ3) is 2.05. The average Bonchev–Trinajstić information content (AvgIpc) is 2.95. The van der Waals surface area contributed by atoms with Crippen molar-refractivity contribution in [3.05, 3.63) is 46.5 Å². The van der Waals surface area contributed by atoms with Gasteiger partial charge in [0.2, 0.25) is 0 Å². The molecule has 2 heterocycles. The molecule has 4 amide bonds. The Balaban J connectivity index is 2.11. The van der Waals surface area contributed by atoms with Gasteiger partial charge in [-0.3, -0.25) is 29.8 Å². The van der Waals surface area contributed by atoms with E-state index in [1.165, 1.54) is 12.2 Å². The number of benzene rings is 1. The summed E-state index contributed by atoms with van der Waals surface area (Å²) in [6.07, 6.45) is 2.52. The van der Waals surface area contributed by atoms with E-state index >= 15 is 0 Å². The summed E-state index contributed by atoms with van der Waals surface area (Å²) in [5, 5.41) is 4.41. The van der Waals surface area contributed by atoms with E-state index in [9.17, 15) is 19.2 Å². The van der Waals surface area contributed by atoms with Crippen LogP contribution in [-0.4, -0.2) is 23.6 Å². The van der Waals surface area contributed by atoms with Gasteiger partial charge in [0.05, 0.1) is 11.1 Å². The van der Waals surface area contributed by atoms with Gasteiger partial charge in [-0.1, -0.05) is 12.1 Å². The maximum atomic E-state index is 11.8. The topological polar surface area (TPSA) is 92.3 Å². The second kappa shape index (κ2) is 4.77. The molecular weight excluding hydrogens is 284 g/mol. The van der Waals surface area contributed by atoms with Crippen LogP contribution in [0.2, 0.25) is 0 Å². The molecule has 6 heteroatoms. The number of nitrogens with one attached hydrogen (secondary N) is 2. The molecule has 0 unspecified atom stereocenters. The van der Waals surface area contributed by atoms with Crippen LogP contribution in [0, 0.1) is 13.8 Å². The summed E-state index contributed by atoms with van der Waals surface area (Å²) < 4.78 is 0. The van der Waals surface area contributed by atoms with Gasteiger partial charge in [0.15, 0.2) is 0 Å². The molecule has 0 aliphatic carbocycles. The van der Waals surface area contributed by atoms with Crippen molar-refractivity contribution in [3.8, 4) is 0 Å². The van der Waals surface area contributed by atoms with Gasteiger partial charge in [0.1, 0.15) is 0 Å². The van der Waals surface area contributed by atoms with Crippen LogP contribution in [-0.2, 0) is 19.2 Å².